The fourth-order valence-corrected chi connectivity index (χ4v) is 1.77. The maximum Gasteiger partial charge on any atom is 0.269 e. The molecule has 1 aromatic carbocycles. The summed E-state index contributed by atoms with van der Waals surface area (Å²) >= 11 is 0. The van der Waals surface area contributed by atoms with Gasteiger partial charge in [0.25, 0.3) is 5.91 Å². The van der Waals surface area contributed by atoms with Gasteiger partial charge in [0.15, 0.2) is 0 Å². The minimum atomic E-state index is -0.949. The number of nitrogens with zero attached hydrogens (tertiary/aromatic N) is 1. The molecule has 0 radical (unpaired) electrons. The van der Waals surface area contributed by atoms with Gasteiger partial charge in [-0.05, 0) is 45.0 Å². The van der Waals surface area contributed by atoms with Crippen molar-refractivity contribution < 1.29 is 9.90 Å². The summed E-state index contributed by atoms with van der Waals surface area (Å²) in [6.07, 6.45) is 1.57. The van der Waals surface area contributed by atoms with Crippen molar-refractivity contribution in [1.82, 2.24) is 10.3 Å². The Morgan fingerprint density at radius 1 is 1.13 bits per heavy atom. The SMILES string of the molecule is Cc1ccc(C#Cc2ccc(C(=O)NCC(C)(C)O)nc2)cc1. The van der Waals surface area contributed by atoms with Gasteiger partial charge in [0, 0.05) is 23.9 Å². The minimum absolute atomic E-state index is 0.169. The third-order valence-corrected chi connectivity index (χ3v) is 3.08. The molecule has 0 aliphatic rings. The van der Waals surface area contributed by atoms with E-state index in [0.717, 1.165) is 11.1 Å². The van der Waals surface area contributed by atoms with E-state index >= 15 is 0 Å². The monoisotopic (exact) mass is 308 g/mol. The maximum atomic E-state index is 11.9. The van der Waals surface area contributed by atoms with E-state index in [1.54, 1.807) is 32.2 Å². The number of hydrogen-bond acceptors (Lipinski definition) is 3. The molecule has 4 heteroatoms. The third kappa shape index (κ3) is 5.57. The molecule has 0 saturated heterocycles. The van der Waals surface area contributed by atoms with Crippen LogP contribution in [0.4, 0.5) is 0 Å². The third-order valence-electron chi connectivity index (χ3n) is 3.08. The molecule has 0 aliphatic carbocycles. The van der Waals surface area contributed by atoms with Crippen LogP contribution >= 0.6 is 0 Å². The average molecular weight is 308 g/mol. The van der Waals surface area contributed by atoms with Crippen LogP contribution in [0.25, 0.3) is 0 Å². The zero-order valence-corrected chi connectivity index (χ0v) is 13.6. The van der Waals surface area contributed by atoms with Gasteiger partial charge in [0.2, 0.25) is 0 Å². The normalized spacial score (nSPS) is 10.6. The lowest BCUT2D eigenvalue weighted by atomic mass is 10.1. The molecule has 2 N–H and O–H groups in total. The number of benzene rings is 1. The Labute approximate surface area is 136 Å². The van der Waals surface area contributed by atoms with Crippen molar-refractivity contribution in [1.29, 1.82) is 0 Å². The van der Waals surface area contributed by atoms with Gasteiger partial charge in [-0.25, -0.2) is 4.98 Å². The standard InChI is InChI=1S/C19H20N2O2/c1-14-4-6-15(7-5-14)8-9-16-10-11-17(20-12-16)18(22)21-13-19(2,3)23/h4-7,10-12,23H,13H2,1-3H3,(H,21,22). The van der Waals surface area contributed by atoms with Gasteiger partial charge in [-0.2, -0.15) is 0 Å². The first-order valence-corrected chi connectivity index (χ1v) is 7.39. The molecule has 2 aromatic rings. The van der Waals surface area contributed by atoms with Crippen LogP contribution in [0.2, 0.25) is 0 Å². The lowest BCUT2D eigenvalue weighted by Gasteiger charge is -2.17. The molecule has 0 atom stereocenters. The van der Waals surface area contributed by atoms with Gasteiger partial charge >= 0.3 is 0 Å². The molecule has 0 saturated carbocycles. The zero-order valence-electron chi connectivity index (χ0n) is 13.6. The molecule has 1 aromatic heterocycles. The number of rotatable bonds is 3. The molecule has 1 amide bonds. The van der Waals surface area contributed by atoms with Crippen LogP contribution in [0.1, 0.15) is 41.0 Å². The number of nitrogens with one attached hydrogen (secondary N) is 1. The van der Waals surface area contributed by atoms with Gasteiger partial charge in [-0.1, -0.05) is 29.5 Å². The number of hydrogen-bond donors (Lipinski definition) is 2. The van der Waals surface area contributed by atoms with Gasteiger partial charge in [-0.15, -0.1) is 0 Å². The van der Waals surface area contributed by atoms with Crippen LogP contribution in [0.3, 0.4) is 0 Å². The quantitative estimate of drug-likeness (QED) is 0.855. The van der Waals surface area contributed by atoms with Crippen LogP contribution in [0.5, 0.6) is 0 Å². The van der Waals surface area contributed by atoms with E-state index in [9.17, 15) is 9.90 Å². The highest BCUT2D eigenvalue weighted by Gasteiger charge is 2.15. The maximum absolute atomic E-state index is 11.9. The summed E-state index contributed by atoms with van der Waals surface area (Å²) in [5.41, 5.74) is 2.22. The van der Waals surface area contributed by atoms with Crippen molar-refractivity contribution in [2.75, 3.05) is 6.54 Å². The molecule has 118 valence electrons. The molecule has 2 rings (SSSR count). The van der Waals surface area contributed by atoms with E-state index in [1.807, 2.05) is 31.2 Å². The molecule has 1 heterocycles. The van der Waals surface area contributed by atoms with Crippen LogP contribution in [0, 0.1) is 18.8 Å². The molecule has 0 fully saturated rings. The second kappa shape index (κ2) is 7.08. The largest absolute Gasteiger partial charge is 0.389 e. The number of aromatic nitrogens is 1. The van der Waals surface area contributed by atoms with E-state index in [-0.39, 0.29) is 12.5 Å². The topological polar surface area (TPSA) is 62.2 Å². The summed E-state index contributed by atoms with van der Waals surface area (Å²) in [5.74, 6) is 5.76. The molecule has 23 heavy (non-hydrogen) atoms. The smallest absolute Gasteiger partial charge is 0.269 e. The second-order valence-corrected chi connectivity index (χ2v) is 6.04. The van der Waals surface area contributed by atoms with E-state index in [4.69, 9.17) is 0 Å². The average Bonchev–Trinajstić information content (AvgIpc) is 2.52. The number of carbonyl (C=O) groups excluding carboxylic acids is 1. The van der Waals surface area contributed by atoms with Crippen LogP contribution < -0.4 is 5.32 Å². The second-order valence-electron chi connectivity index (χ2n) is 6.04. The van der Waals surface area contributed by atoms with Crippen molar-refractivity contribution in [2.45, 2.75) is 26.4 Å². The highest BCUT2D eigenvalue weighted by atomic mass is 16.3. The van der Waals surface area contributed by atoms with Crippen molar-refractivity contribution >= 4 is 5.91 Å². The number of aryl methyl sites for hydroxylation is 1. The Hall–Kier alpha value is -2.64. The van der Waals surface area contributed by atoms with Crippen LogP contribution in [0.15, 0.2) is 42.6 Å². The fourth-order valence-electron chi connectivity index (χ4n) is 1.77. The Balaban J connectivity index is 2.02. The summed E-state index contributed by atoms with van der Waals surface area (Å²) in [6, 6.07) is 11.3. The van der Waals surface area contributed by atoms with E-state index < -0.39 is 5.60 Å². The summed E-state index contributed by atoms with van der Waals surface area (Å²) in [4.78, 5) is 16.0. The van der Waals surface area contributed by atoms with Gasteiger partial charge in [0.05, 0.1) is 5.60 Å². The van der Waals surface area contributed by atoms with Crippen molar-refractivity contribution in [2.24, 2.45) is 0 Å². The van der Waals surface area contributed by atoms with E-state index in [1.165, 1.54) is 5.56 Å². The Morgan fingerprint density at radius 3 is 2.30 bits per heavy atom. The van der Waals surface area contributed by atoms with Crippen LogP contribution in [-0.2, 0) is 0 Å². The molecular weight excluding hydrogens is 288 g/mol. The lowest BCUT2D eigenvalue weighted by Crippen LogP contribution is -2.38. The predicted octanol–water partition coefficient (Wildman–Crippen LogP) is 2.29. The van der Waals surface area contributed by atoms with Crippen LogP contribution in [-0.4, -0.2) is 28.1 Å². The first-order chi connectivity index (χ1) is 10.8. The van der Waals surface area contributed by atoms with Crippen molar-refractivity contribution in [3.63, 3.8) is 0 Å². The summed E-state index contributed by atoms with van der Waals surface area (Å²) < 4.78 is 0. The number of carbonyl (C=O) groups is 1. The predicted molar refractivity (Wildman–Crippen MR) is 90.0 cm³/mol. The van der Waals surface area contributed by atoms with Crippen molar-refractivity contribution in [3.05, 3.63) is 65.0 Å². The molecule has 0 bridgehead atoms. The Bertz CT molecular complexity index is 730. The van der Waals surface area contributed by atoms with Gasteiger partial charge in [-0.3, -0.25) is 4.79 Å². The molecule has 0 spiro atoms. The first kappa shape index (κ1) is 16.7. The molecular formula is C19H20N2O2. The molecule has 0 aliphatic heterocycles. The lowest BCUT2D eigenvalue weighted by molar-refractivity contribution is 0.0692. The van der Waals surface area contributed by atoms with Crippen molar-refractivity contribution in [3.8, 4) is 11.8 Å². The van der Waals surface area contributed by atoms with E-state index in [0.29, 0.717) is 5.69 Å². The fraction of sp³-hybridized carbons (Fsp3) is 0.263. The highest BCUT2D eigenvalue weighted by Crippen LogP contribution is 2.04. The number of pyridine rings is 1. The number of amides is 1. The van der Waals surface area contributed by atoms with Gasteiger partial charge < -0.3 is 10.4 Å². The Morgan fingerprint density at radius 2 is 1.74 bits per heavy atom. The summed E-state index contributed by atoms with van der Waals surface area (Å²) in [5, 5.41) is 12.2. The zero-order chi connectivity index (χ0) is 16.9. The number of aliphatic hydroxyl groups is 1. The summed E-state index contributed by atoms with van der Waals surface area (Å²) in [6.45, 7) is 5.46. The first-order valence-electron chi connectivity index (χ1n) is 7.39. The highest BCUT2D eigenvalue weighted by molar-refractivity contribution is 5.92. The van der Waals surface area contributed by atoms with Gasteiger partial charge in [0.1, 0.15) is 5.69 Å². The molecule has 4 nitrogen and oxygen atoms in total. The summed E-state index contributed by atoms with van der Waals surface area (Å²) in [7, 11) is 0. The molecule has 0 unspecified atom stereocenters. The van der Waals surface area contributed by atoms with E-state index in [2.05, 4.69) is 22.1 Å². The Kier molecular flexibility index (Phi) is 5.15. The minimum Gasteiger partial charge on any atom is -0.389 e.